The summed E-state index contributed by atoms with van der Waals surface area (Å²) in [5.74, 6) is -0.911. The van der Waals surface area contributed by atoms with E-state index in [1.807, 2.05) is 30.5 Å². The van der Waals surface area contributed by atoms with Gasteiger partial charge >= 0.3 is 5.97 Å². The monoisotopic (exact) mass is 279 g/mol. The highest BCUT2D eigenvalue weighted by Crippen LogP contribution is 2.23. The van der Waals surface area contributed by atoms with Gasteiger partial charge in [-0.15, -0.1) is 0 Å². The molecule has 0 unspecified atom stereocenters. The summed E-state index contributed by atoms with van der Waals surface area (Å²) < 4.78 is 2.62. The lowest BCUT2D eigenvalue weighted by Crippen LogP contribution is -2.02. The van der Waals surface area contributed by atoms with Crippen LogP contribution in [0.4, 0.5) is 0 Å². The highest BCUT2D eigenvalue weighted by atomic mass is 79.9. The summed E-state index contributed by atoms with van der Waals surface area (Å²) in [5.41, 5.74) is 2.21. The SMILES string of the molecule is Cn1cc(-c2ccc(Br)cc2)cc1C(=O)O. The van der Waals surface area contributed by atoms with Crippen LogP contribution in [0, 0.1) is 0 Å². The fraction of sp³-hybridized carbons (Fsp3) is 0.0833. The van der Waals surface area contributed by atoms with Gasteiger partial charge in [-0.2, -0.15) is 0 Å². The molecule has 1 heterocycles. The Morgan fingerprint density at radius 2 is 1.88 bits per heavy atom. The van der Waals surface area contributed by atoms with Gasteiger partial charge in [0, 0.05) is 23.3 Å². The molecule has 0 aliphatic carbocycles. The molecule has 2 aromatic rings. The summed E-state index contributed by atoms with van der Waals surface area (Å²) in [6, 6.07) is 9.44. The van der Waals surface area contributed by atoms with E-state index in [2.05, 4.69) is 15.9 Å². The van der Waals surface area contributed by atoms with Gasteiger partial charge in [-0.25, -0.2) is 4.79 Å². The maximum absolute atomic E-state index is 10.9. The standard InChI is InChI=1S/C12H10BrNO2/c1-14-7-9(6-11(14)12(15)16)8-2-4-10(13)5-3-8/h2-7H,1H3,(H,15,16). The van der Waals surface area contributed by atoms with Crippen LogP contribution in [0.5, 0.6) is 0 Å². The van der Waals surface area contributed by atoms with Crippen LogP contribution in [0.2, 0.25) is 0 Å². The predicted octanol–water partition coefficient (Wildman–Crippen LogP) is 3.15. The van der Waals surface area contributed by atoms with E-state index in [9.17, 15) is 4.79 Å². The van der Waals surface area contributed by atoms with E-state index in [0.29, 0.717) is 0 Å². The van der Waals surface area contributed by atoms with Crippen LogP contribution >= 0.6 is 15.9 Å². The number of aryl methyl sites for hydroxylation is 1. The summed E-state index contributed by atoms with van der Waals surface area (Å²) in [6.07, 6.45) is 1.81. The van der Waals surface area contributed by atoms with Gasteiger partial charge in [-0.1, -0.05) is 28.1 Å². The predicted molar refractivity (Wildman–Crippen MR) is 65.5 cm³/mol. The molecule has 0 aliphatic rings. The van der Waals surface area contributed by atoms with Crippen LogP contribution in [0.1, 0.15) is 10.5 Å². The van der Waals surface area contributed by atoms with E-state index in [0.717, 1.165) is 15.6 Å². The number of hydrogen-bond acceptors (Lipinski definition) is 1. The van der Waals surface area contributed by atoms with E-state index in [4.69, 9.17) is 5.11 Å². The highest BCUT2D eigenvalue weighted by Gasteiger charge is 2.10. The molecule has 0 atom stereocenters. The molecule has 16 heavy (non-hydrogen) atoms. The quantitative estimate of drug-likeness (QED) is 0.918. The molecule has 0 saturated carbocycles. The first-order valence-corrected chi connectivity index (χ1v) is 5.53. The van der Waals surface area contributed by atoms with Gasteiger partial charge in [0.25, 0.3) is 0 Å². The van der Waals surface area contributed by atoms with Crippen LogP contribution < -0.4 is 0 Å². The first-order chi connectivity index (χ1) is 7.58. The second-order valence-electron chi connectivity index (χ2n) is 3.54. The van der Waals surface area contributed by atoms with Gasteiger partial charge < -0.3 is 9.67 Å². The lowest BCUT2D eigenvalue weighted by atomic mass is 10.1. The molecule has 0 bridgehead atoms. The minimum absolute atomic E-state index is 0.290. The summed E-state index contributed by atoms with van der Waals surface area (Å²) in [6.45, 7) is 0. The third-order valence-electron chi connectivity index (χ3n) is 2.40. The molecule has 2 rings (SSSR count). The van der Waals surface area contributed by atoms with Crippen molar-refractivity contribution in [2.45, 2.75) is 0 Å². The molecular weight excluding hydrogens is 270 g/mol. The van der Waals surface area contributed by atoms with E-state index >= 15 is 0 Å². The normalized spacial score (nSPS) is 10.4. The zero-order valence-electron chi connectivity index (χ0n) is 8.64. The van der Waals surface area contributed by atoms with Crippen molar-refractivity contribution in [1.29, 1.82) is 0 Å². The van der Waals surface area contributed by atoms with Crippen LogP contribution in [-0.4, -0.2) is 15.6 Å². The van der Waals surface area contributed by atoms with E-state index < -0.39 is 5.97 Å². The zero-order valence-corrected chi connectivity index (χ0v) is 10.2. The molecule has 82 valence electrons. The van der Waals surface area contributed by atoms with Crippen LogP contribution in [-0.2, 0) is 7.05 Å². The van der Waals surface area contributed by atoms with Crippen molar-refractivity contribution in [3.63, 3.8) is 0 Å². The summed E-state index contributed by atoms with van der Waals surface area (Å²) >= 11 is 3.36. The molecule has 1 N–H and O–H groups in total. The molecular formula is C12H10BrNO2. The molecule has 0 saturated heterocycles. The highest BCUT2D eigenvalue weighted by molar-refractivity contribution is 9.10. The first-order valence-electron chi connectivity index (χ1n) is 4.73. The number of hydrogen-bond donors (Lipinski definition) is 1. The van der Waals surface area contributed by atoms with Gasteiger partial charge in [0.2, 0.25) is 0 Å². The Kier molecular flexibility index (Phi) is 2.83. The van der Waals surface area contributed by atoms with Gasteiger partial charge in [0.1, 0.15) is 5.69 Å². The number of carboxylic acid groups (broad SMARTS) is 1. The van der Waals surface area contributed by atoms with Crippen molar-refractivity contribution in [1.82, 2.24) is 4.57 Å². The molecule has 0 aliphatic heterocycles. The second-order valence-corrected chi connectivity index (χ2v) is 4.45. The second kappa shape index (κ2) is 4.14. The van der Waals surface area contributed by atoms with Gasteiger partial charge in [0.05, 0.1) is 0 Å². The number of halogens is 1. The molecule has 3 nitrogen and oxygen atoms in total. The van der Waals surface area contributed by atoms with E-state index in [1.54, 1.807) is 17.7 Å². The molecule has 1 aromatic heterocycles. The Hall–Kier alpha value is -1.55. The van der Waals surface area contributed by atoms with Crippen molar-refractivity contribution in [2.75, 3.05) is 0 Å². The van der Waals surface area contributed by atoms with Crippen molar-refractivity contribution in [2.24, 2.45) is 7.05 Å². The molecule has 0 radical (unpaired) electrons. The maximum Gasteiger partial charge on any atom is 0.352 e. The molecule has 0 fully saturated rings. The Balaban J connectivity index is 2.45. The Bertz CT molecular complexity index is 528. The molecule has 0 spiro atoms. The third-order valence-corrected chi connectivity index (χ3v) is 2.93. The molecule has 0 amide bonds. The molecule has 4 heteroatoms. The summed E-state index contributed by atoms with van der Waals surface area (Å²) in [4.78, 5) is 10.9. The van der Waals surface area contributed by atoms with Gasteiger partial charge in [-0.05, 0) is 23.8 Å². The zero-order chi connectivity index (χ0) is 11.7. The average molecular weight is 280 g/mol. The lowest BCUT2D eigenvalue weighted by molar-refractivity contribution is 0.0686. The maximum atomic E-state index is 10.9. The fourth-order valence-electron chi connectivity index (χ4n) is 1.58. The number of nitrogens with zero attached hydrogens (tertiary/aromatic N) is 1. The largest absolute Gasteiger partial charge is 0.477 e. The smallest absolute Gasteiger partial charge is 0.352 e. The van der Waals surface area contributed by atoms with Crippen LogP contribution in [0.3, 0.4) is 0 Å². The number of carboxylic acids is 1. The van der Waals surface area contributed by atoms with E-state index in [-0.39, 0.29) is 5.69 Å². The summed E-state index contributed by atoms with van der Waals surface area (Å²) in [7, 11) is 1.73. The fourth-order valence-corrected chi connectivity index (χ4v) is 1.84. The van der Waals surface area contributed by atoms with Crippen molar-refractivity contribution >= 4 is 21.9 Å². The van der Waals surface area contributed by atoms with Crippen molar-refractivity contribution in [3.05, 3.63) is 46.7 Å². The Morgan fingerprint density at radius 3 is 2.38 bits per heavy atom. The number of aromatic nitrogens is 1. The van der Waals surface area contributed by atoms with Gasteiger partial charge in [0.15, 0.2) is 0 Å². The topological polar surface area (TPSA) is 42.2 Å². The Morgan fingerprint density at radius 1 is 1.25 bits per heavy atom. The lowest BCUT2D eigenvalue weighted by Gasteiger charge is -1.96. The number of rotatable bonds is 2. The minimum atomic E-state index is -0.911. The third kappa shape index (κ3) is 2.02. The van der Waals surface area contributed by atoms with E-state index in [1.165, 1.54) is 0 Å². The van der Waals surface area contributed by atoms with Crippen LogP contribution in [0.25, 0.3) is 11.1 Å². The van der Waals surface area contributed by atoms with Crippen molar-refractivity contribution < 1.29 is 9.90 Å². The number of benzene rings is 1. The first kappa shape index (κ1) is 11.0. The summed E-state index contributed by atoms with van der Waals surface area (Å²) in [5, 5.41) is 8.94. The van der Waals surface area contributed by atoms with Gasteiger partial charge in [-0.3, -0.25) is 0 Å². The average Bonchev–Trinajstić information content (AvgIpc) is 2.61. The number of carbonyl (C=O) groups is 1. The van der Waals surface area contributed by atoms with Crippen molar-refractivity contribution in [3.8, 4) is 11.1 Å². The van der Waals surface area contributed by atoms with Crippen LogP contribution in [0.15, 0.2) is 41.0 Å². The molecule has 1 aromatic carbocycles. The minimum Gasteiger partial charge on any atom is -0.477 e. The Labute approximate surface area is 101 Å². The number of aromatic carboxylic acids is 1.